The molecule has 0 heterocycles. The maximum Gasteiger partial charge on any atom is 0.148 e. The molecule has 0 amide bonds. The Bertz CT molecular complexity index is 575. The van der Waals surface area contributed by atoms with E-state index >= 15 is 0 Å². The molecule has 4 nitrogen and oxygen atoms in total. The molecular weight excluding hydrogens is 311 g/mol. The van der Waals surface area contributed by atoms with E-state index in [9.17, 15) is 4.39 Å². The van der Waals surface area contributed by atoms with Crippen molar-refractivity contribution < 1.29 is 4.39 Å². The molecule has 1 aromatic rings. The fraction of sp³-hybridized carbons (Fsp3) is 0.353. The summed E-state index contributed by atoms with van der Waals surface area (Å²) in [4.78, 5) is 0. The van der Waals surface area contributed by atoms with E-state index in [4.69, 9.17) is 5.41 Å². The number of hydrogen-bond acceptors (Lipinski definition) is 5. The normalized spacial score (nSPS) is 11.3. The zero-order chi connectivity index (χ0) is 17.4. The molecule has 3 N–H and O–H groups in total. The van der Waals surface area contributed by atoms with E-state index in [0.717, 1.165) is 16.8 Å². The predicted octanol–water partition coefficient (Wildman–Crippen LogP) is 3.94. The minimum Gasteiger partial charge on any atom is -0.384 e. The van der Waals surface area contributed by atoms with Crippen LogP contribution in [0, 0.1) is 18.2 Å². The van der Waals surface area contributed by atoms with Crippen LogP contribution in [0.5, 0.6) is 0 Å². The quantitative estimate of drug-likeness (QED) is 0.363. The van der Waals surface area contributed by atoms with Gasteiger partial charge in [-0.05, 0) is 51.1 Å². The molecule has 1 rings (SSSR count). The number of anilines is 1. The van der Waals surface area contributed by atoms with Gasteiger partial charge in [0, 0.05) is 36.6 Å². The Kier molecular flexibility index (Phi) is 7.85. The van der Waals surface area contributed by atoms with E-state index < -0.39 is 0 Å². The van der Waals surface area contributed by atoms with Gasteiger partial charge in [0.05, 0.1) is 5.69 Å². The van der Waals surface area contributed by atoms with Gasteiger partial charge in [-0.15, -0.1) is 6.58 Å². The number of halogens is 1. The van der Waals surface area contributed by atoms with Crippen molar-refractivity contribution in [2.75, 3.05) is 17.9 Å². The summed E-state index contributed by atoms with van der Waals surface area (Å²) in [5.41, 5.74) is 3.68. The number of nitrogens with zero attached hydrogens (tertiary/aromatic N) is 1. The van der Waals surface area contributed by atoms with E-state index in [2.05, 4.69) is 16.6 Å². The van der Waals surface area contributed by atoms with Crippen molar-refractivity contribution in [1.29, 1.82) is 5.41 Å². The van der Waals surface area contributed by atoms with Crippen molar-refractivity contribution in [3.05, 3.63) is 53.5 Å². The van der Waals surface area contributed by atoms with Gasteiger partial charge in [-0.1, -0.05) is 12.1 Å². The molecule has 0 saturated carbocycles. The highest BCUT2D eigenvalue weighted by Gasteiger charge is 2.15. The second kappa shape index (κ2) is 9.37. The van der Waals surface area contributed by atoms with Gasteiger partial charge in [-0.25, -0.2) is 9.11 Å². The number of rotatable bonds is 9. The van der Waals surface area contributed by atoms with Gasteiger partial charge < -0.3 is 10.7 Å². The maximum absolute atomic E-state index is 14.5. The third-order valence-electron chi connectivity index (χ3n) is 3.06. The van der Waals surface area contributed by atoms with Crippen molar-refractivity contribution in [3.8, 4) is 0 Å². The minimum absolute atomic E-state index is 0.253. The maximum atomic E-state index is 14.5. The van der Waals surface area contributed by atoms with Gasteiger partial charge >= 0.3 is 0 Å². The molecule has 0 radical (unpaired) electrons. The van der Waals surface area contributed by atoms with E-state index in [1.165, 1.54) is 12.1 Å². The van der Waals surface area contributed by atoms with Gasteiger partial charge in [0.2, 0.25) is 0 Å². The van der Waals surface area contributed by atoms with Crippen LogP contribution in [0.25, 0.3) is 0 Å². The molecule has 0 aliphatic heterocycles. The molecule has 6 heteroatoms. The zero-order valence-corrected chi connectivity index (χ0v) is 15.0. The fourth-order valence-electron chi connectivity index (χ4n) is 2.24. The number of aryl methyl sites for hydroxylation is 1. The van der Waals surface area contributed by atoms with Gasteiger partial charge in [0.15, 0.2) is 0 Å². The third kappa shape index (κ3) is 6.08. The van der Waals surface area contributed by atoms with Crippen molar-refractivity contribution in [3.63, 3.8) is 0 Å². The van der Waals surface area contributed by atoms with Crippen molar-refractivity contribution in [2.45, 2.75) is 27.3 Å². The van der Waals surface area contributed by atoms with Crippen molar-refractivity contribution in [2.24, 2.45) is 0 Å². The lowest BCUT2D eigenvalue weighted by Crippen LogP contribution is -2.21. The van der Waals surface area contributed by atoms with Gasteiger partial charge in [-0.3, -0.25) is 4.31 Å². The van der Waals surface area contributed by atoms with E-state index in [0.29, 0.717) is 24.5 Å². The number of nitrogens with one attached hydrogen (secondary N) is 3. The Balaban J connectivity index is 2.96. The Hall–Kier alpha value is -1.79. The second-order valence-electron chi connectivity index (χ2n) is 5.25. The summed E-state index contributed by atoms with van der Waals surface area (Å²) in [6.07, 6.45) is 3.49. The van der Waals surface area contributed by atoms with Gasteiger partial charge in [0.25, 0.3) is 0 Å². The van der Waals surface area contributed by atoms with E-state index in [-0.39, 0.29) is 5.82 Å². The van der Waals surface area contributed by atoms with Crippen molar-refractivity contribution >= 4 is 23.5 Å². The minimum atomic E-state index is -0.253. The second-order valence-corrected chi connectivity index (χ2v) is 6.28. The third-order valence-corrected chi connectivity index (χ3v) is 3.80. The fourth-order valence-corrected chi connectivity index (χ4v) is 2.97. The summed E-state index contributed by atoms with van der Waals surface area (Å²) in [5, 5.41) is 10.6. The van der Waals surface area contributed by atoms with Crippen molar-refractivity contribution in [1.82, 2.24) is 10.0 Å². The molecule has 0 saturated heterocycles. The molecule has 0 aromatic heterocycles. The molecule has 0 aliphatic rings. The Morgan fingerprint density at radius 2 is 2.13 bits per heavy atom. The number of hydrogen-bond donors (Lipinski definition) is 3. The van der Waals surface area contributed by atoms with Crippen LogP contribution >= 0.6 is 12.1 Å². The molecule has 0 bridgehead atoms. The first-order valence-electron chi connectivity index (χ1n) is 7.37. The standard InChI is InChI=1S/C17H25FN4S/c1-6-7-22(23-20-5)17-12(2)8-15(10-16(17)18)11-21-14(4)9-13(3)19/h6,8-10,19-21H,1,7,11H2,2-5H3/b14-9+,19-13?. The van der Waals surface area contributed by atoms with E-state index in [1.807, 2.05) is 24.2 Å². The molecular formula is C17H25FN4S. The highest BCUT2D eigenvalue weighted by Crippen LogP contribution is 2.29. The van der Waals surface area contributed by atoms with Crippen LogP contribution < -0.4 is 14.3 Å². The first kappa shape index (κ1) is 19.3. The predicted molar refractivity (Wildman–Crippen MR) is 99.3 cm³/mol. The van der Waals surface area contributed by atoms with Crippen LogP contribution in [-0.2, 0) is 6.54 Å². The number of benzene rings is 1. The molecule has 1 aromatic carbocycles. The van der Waals surface area contributed by atoms with Crippen LogP contribution in [0.4, 0.5) is 10.1 Å². The highest BCUT2D eigenvalue weighted by atomic mass is 32.2. The largest absolute Gasteiger partial charge is 0.384 e. The highest BCUT2D eigenvalue weighted by molar-refractivity contribution is 7.98. The topological polar surface area (TPSA) is 51.1 Å². The lowest BCUT2D eigenvalue weighted by Gasteiger charge is -2.24. The SMILES string of the molecule is C=CCN(SNC)c1c(C)cc(CN/C(C)=C/C(C)=N)cc1F. The molecule has 0 spiro atoms. The monoisotopic (exact) mass is 336 g/mol. The van der Waals surface area contributed by atoms with E-state index in [1.54, 1.807) is 32.2 Å². The first-order chi connectivity index (χ1) is 10.9. The number of allylic oxidation sites excluding steroid dienone is 2. The summed E-state index contributed by atoms with van der Waals surface area (Å²) in [6.45, 7) is 10.3. The van der Waals surface area contributed by atoms with Crippen LogP contribution in [0.1, 0.15) is 25.0 Å². The Morgan fingerprint density at radius 1 is 1.43 bits per heavy atom. The summed E-state index contributed by atoms with van der Waals surface area (Å²) >= 11 is 1.34. The molecule has 0 atom stereocenters. The van der Waals surface area contributed by atoms with Crippen LogP contribution in [0.3, 0.4) is 0 Å². The molecule has 23 heavy (non-hydrogen) atoms. The lowest BCUT2D eigenvalue weighted by atomic mass is 10.1. The molecule has 0 unspecified atom stereocenters. The molecule has 0 aliphatic carbocycles. The summed E-state index contributed by atoms with van der Waals surface area (Å²) in [6, 6.07) is 3.52. The van der Waals surface area contributed by atoms with Gasteiger partial charge in [0.1, 0.15) is 5.82 Å². The average Bonchev–Trinajstić information content (AvgIpc) is 2.44. The summed E-state index contributed by atoms with van der Waals surface area (Å²) in [7, 11) is 1.80. The Morgan fingerprint density at radius 3 is 2.65 bits per heavy atom. The molecule has 0 fully saturated rings. The zero-order valence-electron chi connectivity index (χ0n) is 14.2. The first-order valence-corrected chi connectivity index (χ1v) is 8.14. The summed E-state index contributed by atoms with van der Waals surface area (Å²) < 4.78 is 19.3. The van der Waals surface area contributed by atoms with Crippen LogP contribution in [-0.4, -0.2) is 19.3 Å². The molecule has 126 valence electrons. The lowest BCUT2D eigenvalue weighted by molar-refractivity contribution is 0.623. The van der Waals surface area contributed by atoms with Gasteiger partial charge in [-0.2, -0.15) is 0 Å². The van der Waals surface area contributed by atoms with Crippen LogP contribution in [0.2, 0.25) is 0 Å². The smallest absolute Gasteiger partial charge is 0.148 e. The average molecular weight is 336 g/mol. The summed E-state index contributed by atoms with van der Waals surface area (Å²) in [5.74, 6) is -0.253. The van der Waals surface area contributed by atoms with Crippen LogP contribution in [0.15, 0.2) is 36.6 Å². The Labute approximate surface area is 142 Å².